The highest BCUT2D eigenvalue weighted by atomic mass is 16.7. The van der Waals surface area contributed by atoms with E-state index in [9.17, 15) is 24.6 Å². The van der Waals surface area contributed by atoms with Crippen LogP contribution in [0.4, 0.5) is 0 Å². The first-order valence-corrected chi connectivity index (χ1v) is 12.3. The number of hydrogen-bond donors (Lipinski definition) is 2. The van der Waals surface area contributed by atoms with Gasteiger partial charge in [0.05, 0.1) is 36.1 Å². The van der Waals surface area contributed by atoms with E-state index >= 15 is 0 Å². The third-order valence-corrected chi connectivity index (χ3v) is 10.3. The van der Waals surface area contributed by atoms with Crippen LogP contribution in [0.3, 0.4) is 0 Å². The molecule has 0 amide bonds. The second-order valence-electron chi connectivity index (χ2n) is 12.1. The summed E-state index contributed by atoms with van der Waals surface area (Å²) in [4.78, 5) is 39.4. The van der Waals surface area contributed by atoms with Gasteiger partial charge in [-0.3, -0.25) is 9.59 Å². The van der Waals surface area contributed by atoms with Crippen molar-refractivity contribution >= 4 is 17.7 Å². The number of aliphatic hydroxyl groups excluding tert-OH is 1. The number of rotatable bonds is 2. The predicted molar refractivity (Wildman–Crippen MR) is 118 cm³/mol. The van der Waals surface area contributed by atoms with E-state index in [1.54, 1.807) is 26.2 Å². The number of epoxide rings is 1. The molecule has 2 N–H and O–H groups in total. The molecule has 0 aromatic carbocycles. The van der Waals surface area contributed by atoms with Crippen molar-refractivity contribution in [2.24, 2.45) is 28.1 Å². The van der Waals surface area contributed by atoms with Crippen LogP contribution in [0.15, 0.2) is 23.0 Å². The summed E-state index contributed by atoms with van der Waals surface area (Å²) in [5.41, 5.74) is -4.71. The van der Waals surface area contributed by atoms with Gasteiger partial charge in [0.15, 0.2) is 6.10 Å². The molecule has 0 unspecified atom stereocenters. The summed E-state index contributed by atoms with van der Waals surface area (Å²) in [6.45, 7) is 7.01. The topological polar surface area (TPSA) is 136 Å². The van der Waals surface area contributed by atoms with Crippen molar-refractivity contribution in [3.63, 3.8) is 0 Å². The first-order chi connectivity index (χ1) is 16.3. The normalized spacial score (nSPS) is 49.0. The zero-order valence-corrected chi connectivity index (χ0v) is 20.4. The smallest absolute Gasteiger partial charge is 0.339 e. The summed E-state index contributed by atoms with van der Waals surface area (Å²) < 4.78 is 23.0. The number of aliphatic hydroxyl groups is 2. The summed E-state index contributed by atoms with van der Waals surface area (Å²) in [5, 5.41) is 22.7. The maximum atomic E-state index is 14.2. The SMILES string of the molecule is CC(C)(O)[C@@H]1CC(=O)[C@]2(C)[C@H](CC[C@]3(C)[C@H](c4ccoc4)OC(=O)[C@H]4O[C@]432)[C@@]12COC(=O)C[C@@H]2O. The lowest BCUT2D eigenvalue weighted by atomic mass is 9.36. The van der Waals surface area contributed by atoms with E-state index in [1.165, 1.54) is 6.26 Å². The van der Waals surface area contributed by atoms with Crippen LogP contribution in [0.2, 0.25) is 0 Å². The molecule has 5 fully saturated rings. The van der Waals surface area contributed by atoms with Crippen molar-refractivity contribution in [1.82, 2.24) is 0 Å². The highest BCUT2D eigenvalue weighted by Crippen LogP contribution is 2.78. The Morgan fingerprint density at radius 1 is 1.11 bits per heavy atom. The molecule has 4 heterocycles. The van der Waals surface area contributed by atoms with E-state index in [4.69, 9.17) is 18.6 Å². The Labute approximate surface area is 203 Å². The number of cyclic esters (lactones) is 2. The van der Waals surface area contributed by atoms with Crippen LogP contribution in [-0.4, -0.2) is 58.0 Å². The number of hydrogen-bond acceptors (Lipinski definition) is 9. The third-order valence-electron chi connectivity index (χ3n) is 10.3. The minimum absolute atomic E-state index is 0.0234. The quantitative estimate of drug-likeness (QED) is 0.474. The molecule has 9 atom stereocenters. The second kappa shape index (κ2) is 6.75. The molecular formula is C26H32O9. The maximum absolute atomic E-state index is 14.2. The number of ether oxygens (including phenoxy) is 3. The van der Waals surface area contributed by atoms with E-state index in [-0.39, 0.29) is 25.2 Å². The van der Waals surface area contributed by atoms with E-state index in [2.05, 4.69) is 0 Å². The number of carbonyl (C=O) groups excluding carboxylic acids is 3. The van der Waals surface area contributed by atoms with Crippen LogP contribution in [0.25, 0.3) is 0 Å². The van der Waals surface area contributed by atoms with Gasteiger partial charge in [0.1, 0.15) is 24.1 Å². The molecule has 9 heteroatoms. The highest BCUT2D eigenvalue weighted by Gasteiger charge is 2.89. The molecule has 9 nitrogen and oxygen atoms in total. The maximum Gasteiger partial charge on any atom is 0.339 e. The van der Waals surface area contributed by atoms with E-state index in [0.717, 1.165) is 0 Å². The average molecular weight is 489 g/mol. The van der Waals surface area contributed by atoms with Crippen LogP contribution in [-0.2, 0) is 28.6 Å². The van der Waals surface area contributed by atoms with Gasteiger partial charge in [-0.25, -0.2) is 4.79 Å². The van der Waals surface area contributed by atoms with E-state index < -0.39 is 69.5 Å². The number of furan rings is 1. The number of esters is 2. The first kappa shape index (κ1) is 23.2. The van der Waals surface area contributed by atoms with Crippen molar-refractivity contribution in [2.45, 2.75) is 82.9 Å². The van der Waals surface area contributed by atoms with Gasteiger partial charge in [0.25, 0.3) is 0 Å². The van der Waals surface area contributed by atoms with Crippen LogP contribution >= 0.6 is 0 Å². The Hall–Kier alpha value is -2.23. The molecule has 2 spiro atoms. The third kappa shape index (κ3) is 2.52. The van der Waals surface area contributed by atoms with E-state index in [0.29, 0.717) is 18.4 Å². The Morgan fingerprint density at radius 3 is 2.49 bits per heavy atom. The molecule has 1 aromatic rings. The Bertz CT molecular complexity index is 1100. The van der Waals surface area contributed by atoms with E-state index in [1.807, 2.05) is 13.8 Å². The zero-order chi connectivity index (χ0) is 25.2. The number of fused-ring (bicyclic) bond motifs is 2. The van der Waals surface area contributed by atoms with Gasteiger partial charge in [-0.1, -0.05) is 6.92 Å². The minimum atomic E-state index is -1.31. The van der Waals surface area contributed by atoms with Gasteiger partial charge in [-0.2, -0.15) is 0 Å². The molecule has 2 saturated carbocycles. The molecule has 5 aliphatic rings. The van der Waals surface area contributed by atoms with Gasteiger partial charge in [-0.15, -0.1) is 0 Å². The Balaban J connectivity index is 1.54. The zero-order valence-electron chi connectivity index (χ0n) is 20.4. The summed E-state index contributed by atoms with van der Waals surface area (Å²) in [6, 6.07) is 1.76. The molecule has 1 aromatic heterocycles. The van der Waals surface area contributed by atoms with Crippen molar-refractivity contribution < 1.29 is 43.2 Å². The van der Waals surface area contributed by atoms with Crippen molar-refractivity contribution in [2.75, 3.05) is 6.61 Å². The fourth-order valence-corrected chi connectivity index (χ4v) is 8.78. The molecule has 2 aliphatic carbocycles. The van der Waals surface area contributed by atoms with Gasteiger partial charge in [-0.05, 0) is 45.6 Å². The molecule has 3 aliphatic heterocycles. The summed E-state index contributed by atoms with van der Waals surface area (Å²) in [7, 11) is 0. The fourth-order valence-electron chi connectivity index (χ4n) is 8.78. The van der Waals surface area contributed by atoms with Crippen molar-refractivity contribution in [3.8, 4) is 0 Å². The number of Topliss-reactive ketones (excluding diaryl/α,β-unsaturated/α-hetero) is 1. The van der Waals surface area contributed by atoms with Crippen LogP contribution in [0.1, 0.15) is 65.0 Å². The van der Waals surface area contributed by atoms with Crippen LogP contribution < -0.4 is 0 Å². The molecular weight excluding hydrogens is 456 g/mol. The highest BCUT2D eigenvalue weighted by molar-refractivity contribution is 5.93. The molecule has 0 bridgehead atoms. The molecule has 35 heavy (non-hydrogen) atoms. The largest absolute Gasteiger partial charge is 0.472 e. The molecule has 0 radical (unpaired) electrons. The van der Waals surface area contributed by atoms with Crippen molar-refractivity contribution in [3.05, 3.63) is 24.2 Å². The predicted octanol–water partition coefficient (Wildman–Crippen LogP) is 2.09. The lowest BCUT2D eigenvalue weighted by molar-refractivity contribution is -0.259. The molecule has 6 rings (SSSR count). The fraction of sp³-hybridized carbons (Fsp3) is 0.731. The lowest BCUT2D eigenvalue weighted by Gasteiger charge is -2.67. The average Bonchev–Trinajstić information content (AvgIpc) is 3.34. The van der Waals surface area contributed by atoms with Crippen LogP contribution in [0.5, 0.6) is 0 Å². The van der Waals surface area contributed by atoms with Gasteiger partial charge < -0.3 is 28.8 Å². The molecule has 190 valence electrons. The van der Waals surface area contributed by atoms with Gasteiger partial charge in [0, 0.05) is 28.7 Å². The molecule has 3 saturated heterocycles. The number of carbonyl (C=O) groups is 3. The Morgan fingerprint density at radius 2 is 1.86 bits per heavy atom. The summed E-state index contributed by atoms with van der Waals surface area (Å²) >= 11 is 0. The standard InChI is InChI=1S/C26H32O9/c1-22(2,31)15-9-16(27)24(4)14(25(15)12-33-18(29)10-17(25)28)5-7-23(3)19(13-6-8-32-11-13)34-21(30)20-26(23,24)35-20/h6,8,11,14-15,17,19-20,28,31H,5,7,9-10,12H2,1-4H3/t14-,15-,17-,19-,20+,23+,24-,25-,26+/m0/s1. The van der Waals surface area contributed by atoms with Crippen LogP contribution in [0, 0.1) is 28.1 Å². The summed E-state index contributed by atoms with van der Waals surface area (Å²) in [5.74, 6) is -2.25. The number of ketones is 1. The van der Waals surface area contributed by atoms with Gasteiger partial charge >= 0.3 is 11.9 Å². The Kier molecular flexibility index (Phi) is 4.47. The second-order valence-corrected chi connectivity index (χ2v) is 12.1. The van der Waals surface area contributed by atoms with Crippen molar-refractivity contribution in [1.29, 1.82) is 0 Å². The van der Waals surface area contributed by atoms with Gasteiger partial charge in [0.2, 0.25) is 0 Å². The minimum Gasteiger partial charge on any atom is -0.472 e. The first-order valence-electron chi connectivity index (χ1n) is 12.3. The lowest BCUT2D eigenvalue weighted by Crippen LogP contribution is -2.75. The monoisotopic (exact) mass is 488 g/mol. The summed E-state index contributed by atoms with van der Waals surface area (Å²) in [6.07, 6.45) is 1.23.